The quantitative estimate of drug-likeness (QED) is 0.587. The van der Waals surface area contributed by atoms with Gasteiger partial charge in [0.1, 0.15) is 17.3 Å². The lowest BCUT2D eigenvalue weighted by Gasteiger charge is -2.08. The van der Waals surface area contributed by atoms with Gasteiger partial charge in [-0.1, -0.05) is 17.7 Å². The summed E-state index contributed by atoms with van der Waals surface area (Å²) in [6.45, 7) is 0.0905. The van der Waals surface area contributed by atoms with Crippen LogP contribution in [0.25, 0.3) is 0 Å². The first kappa shape index (κ1) is 20.8. The van der Waals surface area contributed by atoms with E-state index in [0.29, 0.717) is 11.4 Å². The van der Waals surface area contributed by atoms with Crippen molar-refractivity contribution in [3.8, 4) is 0 Å². The molecule has 2 heterocycles. The van der Waals surface area contributed by atoms with Crippen LogP contribution in [0.2, 0.25) is 5.02 Å². The second-order valence-electron chi connectivity index (χ2n) is 5.80. The molecule has 2 aromatic heterocycles. The van der Waals surface area contributed by atoms with Crippen molar-refractivity contribution in [1.82, 2.24) is 25.0 Å². The van der Waals surface area contributed by atoms with Crippen LogP contribution in [0.4, 0.5) is 4.39 Å². The third-order valence-electron chi connectivity index (χ3n) is 3.75. The highest BCUT2D eigenvalue weighted by Crippen LogP contribution is 2.19. The number of benzene rings is 1. The Kier molecular flexibility index (Phi) is 6.47. The Hall–Kier alpha value is -2.95. The third-order valence-corrected chi connectivity index (χ3v) is 5.44. The molecule has 0 saturated heterocycles. The first-order valence-corrected chi connectivity index (χ1v) is 10.1. The highest BCUT2D eigenvalue weighted by molar-refractivity contribution is 7.89. The Labute approximate surface area is 171 Å². The van der Waals surface area contributed by atoms with Crippen LogP contribution < -0.4 is 10.0 Å². The van der Waals surface area contributed by atoms with Crippen LogP contribution in [-0.4, -0.2) is 29.3 Å². The SMILES string of the molecule is O=C(NCc1ncccn1)c1ccc(CNS(=O)(=O)c2ccc(F)c(Cl)c2)cn1. The maximum atomic E-state index is 13.2. The van der Waals surface area contributed by atoms with Crippen molar-refractivity contribution in [2.75, 3.05) is 0 Å². The summed E-state index contributed by atoms with van der Waals surface area (Å²) in [5, 5.41) is 2.35. The lowest BCUT2D eigenvalue weighted by molar-refractivity contribution is 0.0945. The number of hydrogen-bond donors (Lipinski definition) is 2. The standard InChI is InChI=1S/C18H15ClFN5O3S/c19-14-8-13(3-4-15(14)20)29(27,28)25-10-12-2-5-16(23-9-12)18(26)24-11-17-21-6-1-7-22-17/h1-9,25H,10-11H2,(H,24,26). The highest BCUT2D eigenvalue weighted by atomic mass is 35.5. The summed E-state index contributed by atoms with van der Waals surface area (Å²) in [6.07, 6.45) is 4.53. The first-order chi connectivity index (χ1) is 13.8. The van der Waals surface area contributed by atoms with Crippen molar-refractivity contribution in [3.05, 3.63) is 82.9 Å². The maximum absolute atomic E-state index is 13.2. The molecule has 1 amide bonds. The highest BCUT2D eigenvalue weighted by Gasteiger charge is 2.16. The molecule has 150 valence electrons. The van der Waals surface area contributed by atoms with E-state index in [-0.39, 0.29) is 28.7 Å². The largest absolute Gasteiger partial charge is 0.343 e. The number of nitrogens with zero attached hydrogens (tertiary/aromatic N) is 3. The van der Waals surface area contributed by atoms with Gasteiger partial charge in [0.2, 0.25) is 10.0 Å². The molecule has 0 fully saturated rings. The molecule has 0 aliphatic carbocycles. The Morgan fingerprint density at radius 2 is 1.83 bits per heavy atom. The zero-order valence-corrected chi connectivity index (χ0v) is 16.4. The van der Waals surface area contributed by atoms with Crippen molar-refractivity contribution in [3.63, 3.8) is 0 Å². The summed E-state index contributed by atoms with van der Waals surface area (Å²) < 4.78 is 40.1. The summed E-state index contributed by atoms with van der Waals surface area (Å²) in [7, 11) is -3.89. The molecule has 0 aliphatic rings. The molecule has 0 aliphatic heterocycles. The fourth-order valence-electron chi connectivity index (χ4n) is 2.24. The summed E-state index contributed by atoms with van der Waals surface area (Å²) in [4.78, 5) is 24.0. The normalized spacial score (nSPS) is 11.2. The molecule has 0 atom stereocenters. The Balaban J connectivity index is 1.58. The number of nitrogens with one attached hydrogen (secondary N) is 2. The fourth-order valence-corrected chi connectivity index (χ4v) is 3.53. The van der Waals surface area contributed by atoms with Crippen LogP contribution in [0.15, 0.2) is 59.9 Å². The molecule has 8 nitrogen and oxygen atoms in total. The molecule has 11 heteroatoms. The molecule has 3 aromatic rings. The molecule has 29 heavy (non-hydrogen) atoms. The maximum Gasteiger partial charge on any atom is 0.270 e. The molecule has 2 N–H and O–H groups in total. The van der Waals surface area contributed by atoms with Gasteiger partial charge in [-0.25, -0.2) is 27.5 Å². The van der Waals surface area contributed by atoms with Crippen LogP contribution in [0, 0.1) is 5.82 Å². The molecule has 0 saturated carbocycles. The number of carbonyl (C=O) groups is 1. The van der Waals surface area contributed by atoms with Gasteiger partial charge in [-0.15, -0.1) is 0 Å². The van der Waals surface area contributed by atoms with E-state index in [0.717, 1.165) is 18.2 Å². The zero-order chi connectivity index (χ0) is 20.9. The number of sulfonamides is 1. The van der Waals surface area contributed by atoms with Crippen LogP contribution in [0.3, 0.4) is 0 Å². The minimum Gasteiger partial charge on any atom is -0.343 e. The van der Waals surface area contributed by atoms with Gasteiger partial charge < -0.3 is 5.32 Å². The molecule has 1 aromatic carbocycles. The number of rotatable bonds is 7. The predicted octanol–water partition coefficient (Wildman–Crippen LogP) is 2.07. The van der Waals surface area contributed by atoms with Gasteiger partial charge in [-0.05, 0) is 35.9 Å². The van der Waals surface area contributed by atoms with Gasteiger partial charge in [0.25, 0.3) is 5.91 Å². The number of halogens is 2. The molecule has 0 spiro atoms. The van der Waals surface area contributed by atoms with E-state index in [1.54, 1.807) is 24.5 Å². The molecule has 0 unspecified atom stereocenters. The lowest BCUT2D eigenvalue weighted by Crippen LogP contribution is -2.25. The topological polar surface area (TPSA) is 114 Å². The van der Waals surface area contributed by atoms with E-state index >= 15 is 0 Å². The molecular formula is C18H15ClFN5O3S. The minimum absolute atomic E-state index is 0.0654. The first-order valence-electron chi connectivity index (χ1n) is 8.29. The Bertz CT molecular complexity index is 1110. The average Bonchev–Trinajstić information content (AvgIpc) is 2.73. The van der Waals surface area contributed by atoms with E-state index in [1.807, 2.05) is 0 Å². The number of carbonyl (C=O) groups excluding carboxylic acids is 1. The van der Waals surface area contributed by atoms with Gasteiger partial charge >= 0.3 is 0 Å². The third kappa shape index (κ3) is 5.53. The molecule has 0 radical (unpaired) electrons. The number of aromatic nitrogens is 3. The van der Waals surface area contributed by atoms with E-state index in [9.17, 15) is 17.6 Å². The van der Waals surface area contributed by atoms with Crippen molar-refractivity contribution in [2.24, 2.45) is 0 Å². The minimum atomic E-state index is -3.89. The van der Waals surface area contributed by atoms with Crippen molar-refractivity contribution >= 4 is 27.5 Å². The molecule has 0 bridgehead atoms. The van der Waals surface area contributed by atoms with Crippen LogP contribution in [-0.2, 0) is 23.1 Å². The summed E-state index contributed by atoms with van der Waals surface area (Å²) >= 11 is 5.63. The van der Waals surface area contributed by atoms with E-state index < -0.39 is 21.7 Å². The molecular weight excluding hydrogens is 421 g/mol. The van der Waals surface area contributed by atoms with E-state index in [2.05, 4.69) is 25.0 Å². The summed E-state index contributed by atoms with van der Waals surface area (Å²) in [5.41, 5.74) is 0.697. The van der Waals surface area contributed by atoms with Gasteiger partial charge in [0, 0.05) is 25.1 Å². The number of hydrogen-bond acceptors (Lipinski definition) is 6. The van der Waals surface area contributed by atoms with Crippen LogP contribution in [0.1, 0.15) is 21.9 Å². The van der Waals surface area contributed by atoms with Gasteiger partial charge in [-0.3, -0.25) is 9.78 Å². The summed E-state index contributed by atoms with van der Waals surface area (Å²) in [6, 6.07) is 7.84. The number of pyridine rings is 1. The van der Waals surface area contributed by atoms with Gasteiger partial charge in [-0.2, -0.15) is 0 Å². The van der Waals surface area contributed by atoms with Crippen LogP contribution in [0.5, 0.6) is 0 Å². The second kappa shape index (κ2) is 9.03. The average molecular weight is 436 g/mol. The smallest absolute Gasteiger partial charge is 0.270 e. The van der Waals surface area contributed by atoms with Crippen molar-refractivity contribution < 1.29 is 17.6 Å². The molecule has 3 rings (SSSR count). The zero-order valence-electron chi connectivity index (χ0n) is 14.8. The van der Waals surface area contributed by atoms with Gasteiger partial charge in [0.15, 0.2) is 0 Å². The van der Waals surface area contributed by atoms with Crippen LogP contribution >= 0.6 is 11.6 Å². The van der Waals surface area contributed by atoms with Crippen molar-refractivity contribution in [2.45, 2.75) is 18.0 Å². The Morgan fingerprint density at radius 1 is 1.07 bits per heavy atom. The predicted molar refractivity (Wildman–Crippen MR) is 103 cm³/mol. The Morgan fingerprint density at radius 3 is 2.48 bits per heavy atom. The second-order valence-corrected chi connectivity index (χ2v) is 7.97. The van der Waals surface area contributed by atoms with Gasteiger partial charge in [0.05, 0.1) is 16.5 Å². The van der Waals surface area contributed by atoms with E-state index in [1.165, 1.54) is 12.3 Å². The number of amides is 1. The van der Waals surface area contributed by atoms with E-state index in [4.69, 9.17) is 11.6 Å². The summed E-state index contributed by atoms with van der Waals surface area (Å²) in [5.74, 6) is -0.652. The van der Waals surface area contributed by atoms with Crippen molar-refractivity contribution in [1.29, 1.82) is 0 Å². The monoisotopic (exact) mass is 435 g/mol. The lowest BCUT2D eigenvalue weighted by atomic mass is 10.2. The fraction of sp³-hybridized carbons (Fsp3) is 0.111.